The minimum absolute atomic E-state index is 0.116. The quantitative estimate of drug-likeness (QED) is 0.506. The summed E-state index contributed by atoms with van der Waals surface area (Å²) in [5.74, 6) is 0.116. The van der Waals surface area contributed by atoms with Crippen molar-refractivity contribution in [1.29, 1.82) is 0 Å². The standard InChI is InChI=1S/C7H7ClO/c8-6-3-1-2-4-7(9)5-6/h1,3,5H,2,4H2. The van der Waals surface area contributed by atoms with E-state index >= 15 is 0 Å². The molecule has 0 fully saturated rings. The van der Waals surface area contributed by atoms with Crippen LogP contribution >= 0.6 is 11.6 Å². The molecule has 0 atom stereocenters. The molecule has 0 unspecified atom stereocenters. The van der Waals surface area contributed by atoms with Crippen molar-refractivity contribution in [3.05, 3.63) is 23.3 Å². The molecule has 1 rings (SSSR count). The van der Waals surface area contributed by atoms with E-state index in [0.717, 1.165) is 6.42 Å². The van der Waals surface area contributed by atoms with E-state index in [-0.39, 0.29) is 5.78 Å². The van der Waals surface area contributed by atoms with Gasteiger partial charge in [0.15, 0.2) is 5.78 Å². The van der Waals surface area contributed by atoms with Gasteiger partial charge >= 0.3 is 0 Å². The molecule has 0 bridgehead atoms. The van der Waals surface area contributed by atoms with Gasteiger partial charge in [0.1, 0.15) is 0 Å². The highest BCUT2D eigenvalue weighted by Crippen LogP contribution is 2.10. The van der Waals surface area contributed by atoms with Crippen LogP contribution in [0.2, 0.25) is 0 Å². The van der Waals surface area contributed by atoms with Gasteiger partial charge in [0.25, 0.3) is 0 Å². The van der Waals surface area contributed by atoms with E-state index in [1.807, 2.05) is 6.08 Å². The molecule has 0 saturated heterocycles. The van der Waals surface area contributed by atoms with Crippen molar-refractivity contribution in [2.24, 2.45) is 0 Å². The second-order valence-electron chi connectivity index (χ2n) is 1.94. The molecule has 0 aliphatic heterocycles. The number of hydrogen-bond donors (Lipinski definition) is 0. The van der Waals surface area contributed by atoms with Crippen molar-refractivity contribution >= 4 is 17.4 Å². The van der Waals surface area contributed by atoms with Crippen molar-refractivity contribution in [2.45, 2.75) is 12.8 Å². The number of hydrogen-bond acceptors (Lipinski definition) is 1. The average Bonchev–Trinajstić information content (AvgIpc) is 1.93. The van der Waals surface area contributed by atoms with E-state index in [1.165, 1.54) is 6.08 Å². The summed E-state index contributed by atoms with van der Waals surface area (Å²) in [5, 5.41) is 0.539. The third-order valence-electron chi connectivity index (χ3n) is 1.13. The highest BCUT2D eigenvalue weighted by molar-refractivity contribution is 6.32. The number of carbonyl (C=O) groups excluding carboxylic acids is 1. The number of allylic oxidation sites excluding steroid dienone is 4. The van der Waals surface area contributed by atoms with Crippen LogP contribution in [0.25, 0.3) is 0 Å². The predicted octanol–water partition coefficient (Wildman–Crippen LogP) is 2.03. The fourth-order valence-electron chi connectivity index (χ4n) is 0.696. The first-order valence-electron chi connectivity index (χ1n) is 2.85. The summed E-state index contributed by atoms with van der Waals surface area (Å²) in [5.41, 5.74) is 0. The maximum Gasteiger partial charge on any atom is 0.157 e. The molecule has 0 amide bonds. The van der Waals surface area contributed by atoms with Crippen LogP contribution in [-0.2, 0) is 4.79 Å². The lowest BCUT2D eigenvalue weighted by atomic mass is 10.2. The molecule has 0 aromatic heterocycles. The third-order valence-corrected chi connectivity index (χ3v) is 1.37. The van der Waals surface area contributed by atoms with Crippen LogP contribution in [0.3, 0.4) is 0 Å². The van der Waals surface area contributed by atoms with Crippen molar-refractivity contribution in [1.82, 2.24) is 0 Å². The molecule has 1 aliphatic rings. The molecule has 2 heteroatoms. The molecule has 0 saturated carbocycles. The zero-order valence-corrected chi connectivity index (χ0v) is 5.69. The van der Waals surface area contributed by atoms with Gasteiger partial charge in [-0.1, -0.05) is 17.7 Å². The van der Waals surface area contributed by atoms with E-state index < -0.39 is 0 Å². The van der Waals surface area contributed by atoms with Gasteiger partial charge in [0, 0.05) is 11.5 Å². The average molecular weight is 143 g/mol. The Kier molecular flexibility index (Phi) is 2.06. The zero-order valence-electron chi connectivity index (χ0n) is 4.93. The monoisotopic (exact) mass is 142 g/mol. The van der Waals surface area contributed by atoms with Crippen LogP contribution in [-0.4, -0.2) is 5.78 Å². The van der Waals surface area contributed by atoms with Gasteiger partial charge in [-0.2, -0.15) is 0 Å². The van der Waals surface area contributed by atoms with Crippen LogP contribution < -0.4 is 0 Å². The molecule has 0 aromatic carbocycles. The van der Waals surface area contributed by atoms with Gasteiger partial charge in [0.2, 0.25) is 0 Å². The van der Waals surface area contributed by atoms with Crippen LogP contribution in [0.1, 0.15) is 12.8 Å². The number of rotatable bonds is 0. The second-order valence-corrected chi connectivity index (χ2v) is 2.37. The molecule has 48 valence electrons. The Bertz CT molecular complexity index is 179. The minimum atomic E-state index is 0.116. The van der Waals surface area contributed by atoms with Gasteiger partial charge < -0.3 is 0 Å². The summed E-state index contributed by atoms with van der Waals surface area (Å²) in [4.78, 5) is 10.7. The normalized spacial score (nSPS) is 19.2. The van der Waals surface area contributed by atoms with Crippen molar-refractivity contribution in [2.75, 3.05) is 0 Å². The Labute approximate surface area is 59.0 Å². The smallest absolute Gasteiger partial charge is 0.157 e. The molecule has 0 spiro atoms. The van der Waals surface area contributed by atoms with Crippen LogP contribution in [0.15, 0.2) is 23.3 Å². The predicted molar refractivity (Wildman–Crippen MR) is 37.3 cm³/mol. The Morgan fingerprint density at radius 2 is 2.33 bits per heavy atom. The molecule has 0 N–H and O–H groups in total. The van der Waals surface area contributed by atoms with Gasteiger partial charge in [-0.3, -0.25) is 4.79 Å². The first-order chi connectivity index (χ1) is 4.29. The first-order valence-corrected chi connectivity index (χ1v) is 3.23. The van der Waals surface area contributed by atoms with Crippen LogP contribution in [0, 0.1) is 0 Å². The summed E-state index contributed by atoms with van der Waals surface area (Å²) in [6.07, 6.45) is 6.53. The van der Waals surface area contributed by atoms with Crippen LogP contribution in [0.4, 0.5) is 0 Å². The van der Waals surface area contributed by atoms with Gasteiger partial charge in [0.05, 0.1) is 0 Å². The van der Waals surface area contributed by atoms with Crippen LogP contribution in [0.5, 0.6) is 0 Å². The largest absolute Gasteiger partial charge is 0.295 e. The maximum absolute atomic E-state index is 10.7. The highest BCUT2D eigenvalue weighted by Gasteiger charge is 1.99. The van der Waals surface area contributed by atoms with E-state index in [9.17, 15) is 4.79 Å². The summed E-state index contributed by atoms with van der Waals surface area (Å²) in [7, 11) is 0. The Hall–Kier alpha value is -0.560. The Balaban J connectivity index is 2.74. The summed E-state index contributed by atoms with van der Waals surface area (Å²) >= 11 is 5.57. The van der Waals surface area contributed by atoms with Gasteiger partial charge in [-0.15, -0.1) is 0 Å². The summed E-state index contributed by atoms with van der Waals surface area (Å²) in [6, 6.07) is 0. The number of halogens is 1. The van der Waals surface area contributed by atoms with Gasteiger partial charge in [-0.05, 0) is 18.6 Å². The second kappa shape index (κ2) is 2.83. The lowest BCUT2D eigenvalue weighted by molar-refractivity contribution is -0.114. The maximum atomic E-state index is 10.7. The fourth-order valence-corrected chi connectivity index (χ4v) is 0.906. The van der Waals surface area contributed by atoms with E-state index in [0.29, 0.717) is 11.5 Å². The minimum Gasteiger partial charge on any atom is -0.295 e. The van der Waals surface area contributed by atoms with Gasteiger partial charge in [-0.25, -0.2) is 0 Å². The summed E-state index contributed by atoms with van der Waals surface area (Å²) < 4.78 is 0. The van der Waals surface area contributed by atoms with E-state index in [1.54, 1.807) is 6.08 Å². The molecular weight excluding hydrogens is 136 g/mol. The lowest BCUT2D eigenvalue weighted by Gasteiger charge is -1.83. The third kappa shape index (κ3) is 2.02. The molecule has 1 aliphatic carbocycles. The number of carbonyl (C=O) groups is 1. The molecular formula is C7H7ClO. The van der Waals surface area contributed by atoms with Crippen molar-refractivity contribution in [3.8, 4) is 0 Å². The highest BCUT2D eigenvalue weighted by atomic mass is 35.5. The first kappa shape index (κ1) is 6.56. The van der Waals surface area contributed by atoms with E-state index in [4.69, 9.17) is 11.6 Å². The fraction of sp³-hybridized carbons (Fsp3) is 0.286. The lowest BCUT2D eigenvalue weighted by Crippen LogP contribution is -1.88. The molecule has 1 nitrogen and oxygen atoms in total. The van der Waals surface area contributed by atoms with Crippen molar-refractivity contribution < 1.29 is 4.79 Å². The number of ketones is 1. The Morgan fingerprint density at radius 3 is 3.11 bits per heavy atom. The van der Waals surface area contributed by atoms with E-state index in [2.05, 4.69) is 0 Å². The Morgan fingerprint density at radius 1 is 1.56 bits per heavy atom. The topological polar surface area (TPSA) is 17.1 Å². The molecule has 9 heavy (non-hydrogen) atoms. The molecule has 0 aromatic rings. The molecule has 0 heterocycles. The SMILES string of the molecule is O=C1C=C(Cl)C=CCC1. The van der Waals surface area contributed by atoms with Crippen molar-refractivity contribution in [3.63, 3.8) is 0 Å². The molecule has 0 radical (unpaired) electrons. The zero-order chi connectivity index (χ0) is 6.69. The summed E-state index contributed by atoms with van der Waals surface area (Å²) in [6.45, 7) is 0.